The number of anilines is 2. The zero-order valence-corrected chi connectivity index (χ0v) is 17.5. The fourth-order valence-corrected chi connectivity index (χ4v) is 4.07. The predicted molar refractivity (Wildman–Crippen MR) is 111 cm³/mol. The van der Waals surface area contributed by atoms with Crippen molar-refractivity contribution in [2.45, 2.75) is 19.4 Å². The van der Waals surface area contributed by atoms with Crippen LogP contribution >= 0.6 is 0 Å². The summed E-state index contributed by atoms with van der Waals surface area (Å²) >= 11 is 0. The number of sulfonamides is 1. The number of carbonyl (C=O) groups excluding carboxylic acids is 2. The zero-order valence-electron chi connectivity index (χ0n) is 16.7. The Morgan fingerprint density at radius 3 is 2.28 bits per heavy atom. The summed E-state index contributed by atoms with van der Waals surface area (Å²) in [5, 5.41) is 2.68. The highest BCUT2D eigenvalue weighted by molar-refractivity contribution is 7.92. The molecule has 29 heavy (non-hydrogen) atoms. The van der Waals surface area contributed by atoms with E-state index >= 15 is 0 Å². The quantitative estimate of drug-likeness (QED) is 0.659. The number of carbonyl (C=O) groups is 2. The van der Waals surface area contributed by atoms with Gasteiger partial charge in [0, 0.05) is 5.69 Å². The second-order valence-electron chi connectivity index (χ2n) is 6.24. The number of ether oxygens (including phenoxy) is 2. The Balaban J connectivity index is 2.34. The van der Waals surface area contributed by atoms with Gasteiger partial charge in [0.05, 0.1) is 31.7 Å². The molecule has 0 aliphatic rings. The molecular formula is C20H24N2O6S. The minimum Gasteiger partial charge on any atom is -0.497 e. The average Bonchev–Trinajstić information content (AvgIpc) is 2.70. The minimum atomic E-state index is -3.75. The van der Waals surface area contributed by atoms with Crippen LogP contribution in [0.3, 0.4) is 0 Å². The van der Waals surface area contributed by atoms with Gasteiger partial charge in [-0.3, -0.25) is 9.10 Å². The number of methoxy groups -OCH3 is 2. The molecule has 0 bridgehead atoms. The standard InChI is InChI=1S/C20H24N2O6S/c1-5-18(19(23)21-15-8-6-7-14(13-15)20(24)28-3)22(29(4,25)26)16-9-11-17(27-2)12-10-16/h6-13,18H,5H2,1-4H3,(H,21,23)/t18-/m0/s1. The highest BCUT2D eigenvalue weighted by atomic mass is 32.2. The molecule has 0 radical (unpaired) electrons. The lowest BCUT2D eigenvalue weighted by molar-refractivity contribution is -0.117. The van der Waals surface area contributed by atoms with Crippen LogP contribution in [0.1, 0.15) is 23.7 Å². The Hall–Kier alpha value is -3.07. The van der Waals surface area contributed by atoms with Crippen molar-refractivity contribution in [3.63, 3.8) is 0 Å². The molecular weight excluding hydrogens is 396 g/mol. The lowest BCUT2D eigenvalue weighted by Crippen LogP contribution is -2.47. The third-order valence-electron chi connectivity index (χ3n) is 4.21. The second-order valence-corrected chi connectivity index (χ2v) is 8.10. The van der Waals surface area contributed by atoms with Gasteiger partial charge in [0.15, 0.2) is 0 Å². The van der Waals surface area contributed by atoms with Crippen molar-refractivity contribution in [3.8, 4) is 5.75 Å². The Morgan fingerprint density at radius 2 is 1.76 bits per heavy atom. The molecule has 0 unspecified atom stereocenters. The fraction of sp³-hybridized carbons (Fsp3) is 0.300. The number of amides is 1. The third-order valence-corrected chi connectivity index (χ3v) is 5.39. The lowest BCUT2D eigenvalue weighted by Gasteiger charge is -2.30. The summed E-state index contributed by atoms with van der Waals surface area (Å²) in [5.74, 6) is -0.487. The van der Waals surface area contributed by atoms with Gasteiger partial charge in [-0.2, -0.15) is 0 Å². The van der Waals surface area contributed by atoms with E-state index in [2.05, 4.69) is 10.1 Å². The normalized spacial score (nSPS) is 12.0. The first-order valence-corrected chi connectivity index (χ1v) is 10.7. The summed E-state index contributed by atoms with van der Waals surface area (Å²) < 4.78 is 35.8. The highest BCUT2D eigenvalue weighted by Gasteiger charge is 2.31. The summed E-state index contributed by atoms with van der Waals surface area (Å²) in [6.45, 7) is 1.72. The van der Waals surface area contributed by atoms with Gasteiger partial charge in [-0.25, -0.2) is 13.2 Å². The van der Waals surface area contributed by atoms with Crippen LogP contribution in [0.15, 0.2) is 48.5 Å². The second kappa shape index (κ2) is 9.42. The molecule has 156 valence electrons. The number of nitrogens with one attached hydrogen (secondary N) is 1. The van der Waals surface area contributed by atoms with Gasteiger partial charge in [0.2, 0.25) is 15.9 Å². The van der Waals surface area contributed by atoms with Crippen molar-refractivity contribution < 1.29 is 27.5 Å². The number of hydrogen-bond donors (Lipinski definition) is 1. The van der Waals surface area contributed by atoms with Gasteiger partial charge >= 0.3 is 5.97 Å². The summed E-state index contributed by atoms with van der Waals surface area (Å²) in [7, 11) is -0.983. The lowest BCUT2D eigenvalue weighted by atomic mass is 10.1. The van der Waals surface area contributed by atoms with Gasteiger partial charge in [-0.1, -0.05) is 13.0 Å². The molecule has 0 aromatic heterocycles. The Kier molecular flexibility index (Phi) is 7.22. The molecule has 2 rings (SSSR count). The van der Waals surface area contributed by atoms with Crippen molar-refractivity contribution in [2.24, 2.45) is 0 Å². The number of hydrogen-bond acceptors (Lipinski definition) is 6. The molecule has 0 saturated carbocycles. The first-order chi connectivity index (χ1) is 13.7. The molecule has 2 aromatic carbocycles. The van der Waals surface area contributed by atoms with E-state index in [0.29, 0.717) is 17.1 Å². The molecule has 1 atom stereocenters. The first kappa shape index (κ1) is 22.2. The largest absolute Gasteiger partial charge is 0.497 e. The van der Waals surface area contributed by atoms with Crippen LogP contribution in [0, 0.1) is 0 Å². The molecule has 1 amide bonds. The maximum absolute atomic E-state index is 12.9. The number of nitrogens with zero attached hydrogens (tertiary/aromatic N) is 1. The van der Waals surface area contributed by atoms with Crippen molar-refractivity contribution in [1.82, 2.24) is 0 Å². The fourth-order valence-electron chi connectivity index (χ4n) is 2.86. The van der Waals surface area contributed by atoms with Crippen LogP contribution in [0.4, 0.5) is 11.4 Å². The predicted octanol–water partition coefficient (Wildman–Crippen LogP) is 2.67. The smallest absolute Gasteiger partial charge is 0.337 e. The van der Waals surface area contributed by atoms with Crippen LogP contribution in [-0.4, -0.2) is 46.8 Å². The van der Waals surface area contributed by atoms with Crippen molar-refractivity contribution in [3.05, 3.63) is 54.1 Å². The summed E-state index contributed by atoms with van der Waals surface area (Å²) in [5.41, 5.74) is 0.978. The molecule has 0 spiro atoms. The van der Waals surface area contributed by atoms with Gasteiger partial charge < -0.3 is 14.8 Å². The SMILES string of the molecule is CC[C@@H](C(=O)Nc1cccc(C(=O)OC)c1)N(c1ccc(OC)cc1)S(C)(=O)=O. The van der Waals surface area contributed by atoms with Gasteiger partial charge in [0.25, 0.3) is 0 Å². The Labute approximate surface area is 170 Å². The van der Waals surface area contributed by atoms with Gasteiger partial charge in [-0.15, -0.1) is 0 Å². The zero-order chi connectivity index (χ0) is 21.6. The highest BCUT2D eigenvalue weighted by Crippen LogP contribution is 2.25. The van der Waals surface area contributed by atoms with E-state index < -0.39 is 27.9 Å². The molecule has 0 fully saturated rings. The topological polar surface area (TPSA) is 102 Å². The summed E-state index contributed by atoms with van der Waals surface area (Å²) in [6.07, 6.45) is 1.28. The van der Waals surface area contributed by atoms with Crippen LogP contribution in [0.2, 0.25) is 0 Å². The van der Waals surface area contributed by atoms with Gasteiger partial charge in [0.1, 0.15) is 11.8 Å². The maximum atomic E-state index is 12.9. The summed E-state index contributed by atoms with van der Waals surface area (Å²) in [4.78, 5) is 24.6. The van der Waals surface area contributed by atoms with E-state index in [4.69, 9.17) is 4.74 Å². The first-order valence-electron chi connectivity index (χ1n) is 8.84. The number of rotatable bonds is 8. The van der Waals surface area contributed by atoms with Crippen molar-refractivity contribution in [1.29, 1.82) is 0 Å². The maximum Gasteiger partial charge on any atom is 0.337 e. The van der Waals surface area contributed by atoms with E-state index in [1.165, 1.54) is 20.3 Å². The van der Waals surface area contributed by atoms with Crippen molar-refractivity contribution in [2.75, 3.05) is 30.1 Å². The van der Waals surface area contributed by atoms with E-state index in [-0.39, 0.29) is 12.0 Å². The van der Waals surface area contributed by atoms with E-state index in [1.807, 2.05) is 0 Å². The molecule has 0 heterocycles. The molecule has 8 nitrogen and oxygen atoms in total. The number of benzene rings is 2. The van der Waals surface area contributed by atoms with Crippen LogP contribution in [0.5, 0.6) is 5.75 Å². The molecule has 0 saturated heterocycles. The summed E-state index contributed by atoms with van der Waals surface area (Å²) in [6, 6.07) is 11.6. The molecule has 2 aromatic rings. The average molecular weight is 420 g/mol. The van der Waals surface area contributed by atoms with Crippen molar-refractivity contribution >= 4 is 33.3 Å². The minimum absolute atomic E-state index is 0.238. The van der Waals surface area contributed by atoms with Crippen LogP contribution in [-0.2, 0) is 19.6 Å². The monoisotopic (exact) mass is 420 g/mol. The third kappa shape index (κ3) is 5.47. The Bertz CT molecular complexity index is 973. The molecule has 0 aliphatic carbocycles. The van der Waals surface area contributed by atoms with Crippen LogP contribution in [0.25, 0.3) is 0 Å². The van der Waals surface area contributed by atoms with Gasteiger partial charge in [-0.05, 0) is 48.9 Å². The molecule has 0 aliphatic heterocycles. The van der Waals surface area contributed by atoms with E-state index in [9.17, 15) is 18.0 Å². The van der Waals surface area contributed by atoms with Crippen LogP contribution < -0.4 is 14.4 Å². The molecule has 9 heteroatoms. The van der Waals surface area contributed by atoms with E-state index in [1.54, 1.807) is 49.4 Å². The van der Waals surface area contributed by atoms with E-state index in [0.717, 1.165) is 10.6 Å². The molecule has 1 N–H and O–H groups in total. The number of esters is 1. The Morgan fingerprint density at radius 1 is 1.10 bits per heavy atom.